The summed E-state index contributed by atoms with van der Waals surface area (Å²) in [4.78, 5) is 85.8. The highest BCUT2D eigenvalue weighted by Crippen LogP contribution is 2.33. The first kappa shape index (κ1) is 113. The number of aliphatic carboxylic acids is 1. The number of ketones is 1. The molecule has 117 heavy (non-hydrogen) atoms. The molecule has 12 aromatic rings. The highest BCUT2D eigenvalue weighted by Gasteiger charge is 2.17. The summed E-state index contributed by atoms with van der Waals surface area (Å²) in [5.41, 5.74) is 12.4. The van der Waals surface area contributed by atoms with Crippen LogP contribution in [-0.4, -0.2) is 53.5 Å². The number of halogens is 4. The third-order valence-electron chi connectivity index (χ3n) is 15.6. The zero-order valence-corrected chi connectivity index (χ0v) is 77.4. The highest BCUT2D eigenvalue weighted by atomic mass is 79.9. The molecule has 622 valence electrons. The van der Waals surface area contributed by atoms with Crippen LogP contribution in [0.2, 0.25) is 0 Å². The van der Waals surface area contributed by atoms with Gasteiger partial charge in [0.05, 0.1) is 6.42 Å². The molecule has 0 amide bonds. The lowest BCUT2D eigenvalue weighted by molar-refractivity contribution is -0.136. The van der Waals surface area contributed by atoms with Crippen molar-refractivity contribution in [3.8, 4) is 0 Å². The fourth-order valence-electron chi connectivity index (χ4n) is 10.7. The summed E-state index contributed by atoms with van der Waals surface area (Å²) < 4.78 is 2.73. The number of rotatable bonds is 10. The van der Waals surface area contributed by atoms with Gasteiger partial charge in [-0.15, -0.1) is 26.3 Å². The summed E-state index contributed by atoms with van der Waals surface area (Å²) in [5, 5.41) is 16.4. The van der Waals surface area contributed by atoms with Gasteiger partial charge < -0.3 is 5.11 Å². The maximum atomic E-state index is 11.0. The molecule has 2 aliphatic carbocycles. The van der Waals surface area contributed by atoms with Crippen molar-refractivity contribution in [1.82, 2.24) is 0 Å². The zero-order chi connectivity index (χ0) is 89.5. The summed E-state index contributed by atoms with van der Waals surface area (Å²) >= 11 is 15.3. The van der Waals surface area contributed by atoms with Gasteiger partial charge in [-0.05, 0) is 138 Å². The van der Waals surface area contributed by atoms with E-state index in [1.54, 1.807) is 18.2 Å². The van der Waals surface area contributed by atoms with Crippen LogP contribution in [0.15, 0.2) is 301 Å². The van der Waals surface area contributed by atoms with Crippen LogP contribution in [0, 0.1) is 6.92 Å². The van der Waals surface area contributed by atoms with Gasteiger partial charge in [0.1, 0.15) is 5.78 Å². The van der Waals surface area contributed by atoms with Gasteiger partial charge in [-0.2, -0.15) is 0 Å². The van der Waals surface area contributed by atoms with Gasteiger partial charge >= 0.3 is 5.97 Å². The lowest BCUT2D eigenvalue weighted by Gasteiger charge is -2.16. The van der Waals surface area contributed by atoms with Crippen LogP contribution in [-0.2, 0) is 51.3 Å². The Morgan fingerprint density at radius 3 is 1.08 bits per heavy atom. The number of hydrogen-bond donors (Lipinski definition) is 1. The summed E-state index contributed by atoms with van der Waals surface area (Å²) in [5.74, 6) is -0.407. The Bertz CT molecular complexity index is 4550. The standard InChI is InChI=1S/C13H10O.C12H10O.C11H9BrO.2C11H7BrO.C10H10O.C8H7ClO.C8H8O2.8C2H6.2C2H4/c1-2-10-7-8-11-5-3-4-6-12(11)13(10)9-14;1-9-6-7-10-4-2-3-5-11(10)12(9)8-13;3*12-11-6-5-8-3-1-2-4-9(8)10(11)7-13;11-10-6-5-8-3-1-2-4-9(8)7-10;2*9-8(10)6-7-4-2-1-3-5-7;10*1-2/h2-9H,1H2;2-8H,1H3;1-4,7H,5-6H2;2*1-7H;1-4H,5-7H2;1-5H,6H2;1-5H,6H2,(H,9,10);8*1-2H3;2*1-2H2. The van der Waals surface area contributed by atoms with Gasteiger partial charge in [0, 0.05) is 60.5 Å². The summed E-state index contributed by atoms with van der Waals surface area (Å²) in [6, 6.07) is 82.0. The SMILES string of the molecule is C=C.C=C.C=Cc1ccc2ccccc2c1C=O.CC.CC.CC.CC.CC.CC.CC.CC.Cc1ccc2ccccc2c1C=O.O=C(Cl)Cc1ccccc1.O=C(O)Cc1ccccc1.O=C1CCc2ccccc2C1.O=CC1=C(Br)CCc2ccccc21.O=Cc1c(Br)ccc2ccccc12.O=Cc1c(Br)ccc2ccccc12. The predicted molar refractivity (Wildman–Crippen MR) is 520 cm³/mol. The van der Waals surface area contributed by atoms with Crippen molar-refractivity contribution in [2.75, 3.05) is 0 Å². The van der Waals surface area contributed by atoms with E-state index < -0.39 is 5.97 Å². The first-order valence-electron chi connectivity index (χ1n) is 39.9. The number of benzene rings is 12. The Morgan fingerprint density at radius 1 is 0.368 bits per heavy atom. The number of Topliss-reactive ketones (excluding diaryl/α,β-unsaturated/α-hetero) is 1. The molecule has 0 atom stereocenters. The second-order valence-corrected chi connectivity index (χ2v) is 25.1. The molecule has 0 aliphatic heterocycles. The minimum Gasteiger partial charge on any atom is -0.481 e. The van der Waals surface area contributed by atoms with Crippen molar-refractivity contribution < 1.29 is 43.5 Å². The van der Waals surface area contributed by atoms with E-state index in [-0.39, 0.29) is 11.7 Å². The number of carboxylic acids is 1. The zero-order valence-electron chi connectivity index (χ0n) is 71.9. The Kier molecular flexibility index (Phi) is 70.6. The first-order chi connectivity index (χ1) is 57.1. The molecule has 0 unspecified atom stereocenters. The molecule has 0 spiro atoms. The topological polar surface area (TPSA) is 157 Å². The molecule has 14 rings (SSSR count). The van der Waals surface area contributed by atoms with Crippen molar-refractivity contribution in [3.63, 3.8) is 0 Å². The van der Waals surface area contributed by atoms with Crippen LogP contribution < -0.4 is 0 Å². The Hall–Kier alpha value is -10.5. The number of carboxylic acid groups (broad SMARTS) is 1. The van der Waals surface area contributed by atoms with E-state index in [9.17, 15) is 38.4 Å². The largest absolute Gasteiger partial charge is 0.481 e. The molecule has 0 radical (unpaired) electrons. The smallest absolute Gasteiger partial charge is 0.307 e. The van der Waals surface area contributed by atoms with E-state index in [0.29, 0.717) is 18.6 Å². The minimum atomic E-state index is -0.786. The van der Waals surface area contributed by atoms with Gasteiger partial charge in [-0.3, -0.25) is 38.4 Å². The highest BCUT2D eigenvalue weighted by molar-refractivity contribution is 9.12. The number of fused-ring (bicyclic) bond motifs is 6. The third-order valence-corrected chi connectivity index (χ3v) is 18.0. The van der Waals surface area contributed by atoms with E-state index in [2.05, 4.69) is 92.8 Å². The number of carbonyl (C=O) groups excluding carboxylic acids is 7. The average molecular weight is 1790 g/mol. The molecule has 2 aliphatic rings. The second-order valence-electron chi connectivity index (χ2n) is 22.0. The van der Waals surface area contributed by atoms with E-state index >= 15 is 0 Å². The molecule has 0 bridgehead atoms. The van der Waals surface area contributed by atoms with E-state index in [4.69, 9.17) is 16.7 Å². The van der Waals surface area contributed by atoms with Crippen LogP contribution in [0.5, 0.6) is 0 Å². The van der Waals surface area contributed by atoms with Crippen LogP contribution >= 0.6 is 59.4 Å². The van der Waals surface area contributed by atoms with Crippen molar-refractivity contribution in [2.24, 2.45) is 0 Å². The monoisotopic (exact) mass is 1790 g/mol. The van der Waals surface area contributed by atoms with Crippen molar-refractivity contribution in [3.05, 3.63) is 368 Å². The predicted octanol–water partition coefficient (Wildman–Crippen LogP) is 30.9. The lowest BCUT2D eigenvalue weighted by atomic mass is 9.91. The van der Waals surface area contributed by atoms with Gasteiger partial charge in [0.15, 0.2) is 31.4 Å². The van der Waals surface area contributed by atoms with Crippen LogP contribution in [0.4, 0.5) is 0 Å². The van der Waals surface area contributed by atoms with Gasteiger partial charge in [0.2, 0.25) is 5.24 Å². The Labute approximate surface area is 730 Å². The van der Waals surface area contributed by atoms with Crippen LogP contribution in [0.3, 0.4) is 0 Å². The molecule has 0 fully saturated rings. The maximum Gasteiger partial charge on any atom is 0.307 e. The van der Waals surface area contributed by atoms with E-state index in [1.165, 1.54) is 16.7 Å². The van der Waals surface area contributed by atoms with Gasteiger partial charge in [-0.25, -0.2) is 0 Å². The molecule has 9 nitrogen and oxygen atoms in total. The number of aldehydes is 5. The average Bonchev–Trinajstić information content (AvgIpc) is 0.828. The van der Waals surface area contributed by atoms with Gasteiger partial charge in [0.25, 0.3) is 0 Å². The van der Waals surface area contributed by atoms with Crippen molar-refractivity contribution in [2.45, 2.75) is 163 Å². The Morgan fingerprint density at radius 2 is 0.692 bits per heavy atom. The number of allylic oxidation sites excluding steroid dienone is 2. The first-order valence-corrected chi connectivity index (χ1v) is 42.6. The van der Waals surface area contributed by atoms with E-state index in [0.717, 1.165) is 169 Å². The van der Waals surface area contributed by atoms with Gasteiger partial charge in [-0.1, -0.05) is 414 Å². The molecule has 0 saturated heterocycles. The normalized spacial score (nSPS) is 9.91. The molecule has 0 heterocycles. The summed E-state index contributed by atoms with van der Waals surface area (Å²) in [6.07, 6.45) is 10.9. The maximum absolute atomic E-state index is 11.0. The molecular weight excluding hydrogens is 1670 g/mol. The van der Waals surface area contributed by atoms with Crippen LogP contribution in [0.25, 0.3) is 54.7 Å². The summed E-state index contributed by atoms with van der Waals surface area (Å²) in [6.45, 7) is 49.6. The summed E-state index contributed by atoms with van der Waals surface area (Å²) in [7, 11) is 0. The second kappa shape index (κ2) is 73.2. The molecule has 13 heteroatoms. The molecular formula is C104H124Br3ClO9. The lowest BCUT2D eigenvalue weighted by Crippen LogP contribution is -2.12. The quantitative estimate of drug-likeness (QED) is 0.0800. The number of hydrogen-bond acceptors (Lipinski definition) is 8. The minimum absolute atomic E-state index is 0.112. The number of aryl methyl sites for hydroxylation is 3. The van der Waals surface area contributed by atoms with Crippen molar-refractivity contribution in [1.29, 1.82) is 0 Å². The fourth-order valence-corrected chi connectivity index (χ4v) is 12.2. The molecule has 12 aromatic carbocycles. The molecule has 0 aromatic heterocycles. The van der Waals surface area contributed by atoms with E-state index in [1.807, 2.05) is 348 Å². The Balaban J connectivity index is -0.000000605. The third kappa shape index (κ3) is 41.3. The molecule has 0 saturated carbocycles. The van der Waals surface area contributed by atoms with Crippen LogP contribution in [0.1, 0.15) is 210 Å². The van der Waals surface area contributed by atoms with Crippen molar-refractivity contribution >= 4 is 163 Å². The fraction of sp³-hybridized carbons (Fsp3) is 0.231. The number of carbonyl (C=O) groups is 8. The molecule has 1 N–H and O–H groups in total.